The fraction of sp³-hybridized carbons (Fsp3) is 0.353. The van der Waals surface area contributed by atoms with Crippen LogP contribution in [0, 0.1) is 0 Å². The third-order valence-electron chi connectivity index (χ3n) is 4.50. The Kier molecular flexibility index (Phi) is 11.1. The Balaban J connectivity index is 0.000000575. The zero-order valence-electron chi connectivity index (χ0n) is 17.0. The van der Waals surface area contributed by atoms with Crippen LogP contribution in [0.15, 0.2) is 35.8 Å². The first-order chi connectivity index (χ1) is 13.3. The fourth-order valence-electron chi connectivity index (χ4n) is 2.72. The molecule has 0 bridgehead atoms. The second-order valence-corrected chi connectivity index (χ2v) is 8.34. The molecule has 2 aliphatic rings. The average molecular weight is 476 g/mol. The standard InChI is InChI=1S/C11H10O5S.C6H8O6.2Na/c1-11(17(14,15)16)6-9(12)7-4-2-3-5-8(7)10(11)13;7-1-2(8)5-3(9)4(10)6(11)12-5;;/h2-5H,6H2,1H3,(H,14,15,16);2,5,7-10H,1H2;;/t;2-,5+;;/m.0../s1. The van der Waals surface area contributed by atoms with Gasteiger partial charge in [-0.25, -0.2) is 4.79 Å². The zero-order valence-corrected chi connectivity index (χ0v) is 21.8. The summed E-state index contributed by atoms with van der Waals surface area (Å²) in [7, 11) is -4.62. The van der Waals surface area contributed by atoms with E-state index in [0.29, 0.717) is 0 Å². The van der Waals surface area contributed by atoms with Crippen molar-refractivity contribution in [2.45, 2.75) is 30.3 Å². The quantitative estimate of drug-likeness (QED) is 0.202. The third kappa shape index (κ3) is 5.96. The van der Waals surface area contributed by atoms with Crippen molar-refractivity contribution in [1.29, 1.82) is 0 Å². The minimum absolute atomic E-state index is 0. The number of hydrogen-bond acceptors (Lipinski definition) is 10. The van der Waals surface area contributed by atoms with Crippen molar-refractivity contribution in [3.63, 3.8) is 0 Å². The summed E-state index contributed by atoms with van der Waals surface area (Å²) in [4.78, 5) is 34.3. The minimum Gasteiger partial charge on any atom is -0.505 e. The number of fused-ring (bicyclic) bond motifs is 1. The van der Waals surface area contributed by atoms with Crippen molar-refractivity contribution >= 4 is 86.8 Å². The molecule has 1 aliphatic carbocycles. The van der Waals surface area contributed by atoms with E-state index in [4.69, 9.17) is 25.0 Å². The maximum atomic E-state index is 12.0. The molecule has 2 radical (unpaired) electrons. The molecule has 31 heavy (non-hydrogen) atoms. The molecular weight excluding hydrogens is 458 g/mol. The summed E-state index contributed by atoms with van der Waals surface area (Å²) in [5.74, 6) is -3.98. The van der Waals surface area contributed by atoms with Crippen LogP contribution in [-0.4, -0.2) is 134 Å². The average Bonchev–Trinajstić information content (AvgIpc) is 2.92. The van der Waals surface area contributed by atoms with E-state index in [1.165, 1.54) is 12.1 Å². The van der Waals surface area contributed by atoms with E-state index in [-0.39, 0.29) is 70.2 Å². The van der Waals surface area contributed by atoms with E-state index in [0.717, 1.165) is 6.92 Å². The number of aliphatic hydroxyl groups excluding tert-OH is 4. The molecule has 1 aromatic rings. The Labute approximate surface area is 221 Å². The summed E-state index contributed by atoms with van der Waals surface area (Å²) in [5, 5.41) is 35.0. The van der Waals surface area contributed by atoms with Gasteiger partial charge < -0.3 is 25.2 Å². The molecule has 0 spiro atoms. The topological polar surface area (TPSA) is 196 Å². The van der Waals surface area contributed by atoms with Crippen molar-refractivity contribution < 1.29 is 52.5 Å². The Morgan fingerprint density at radius 1 is 1.13 bits per heavy atom. The molecule has 160 valence electrons. The molecule has 1 aromatic carbocycles. The van der Waals surface area contributed by atoms with Gasteiger partial charge in [0.05, 0.1) is 6.61 Å². The third-order valence-corrected chi connectivity index (χ3v) is 5.96. The second kappa shape index (κ2) is 11.4. The van der Waals surface area contributed by atoms with E-state index in [2.05, 4.69) is 4.74 Å². The fourth-order valence-corrected chi connectivity index (χ4v) is 3.38. The summed E-state index contributed by atoms with van der Waals surface area (Å²) < 4.78 is 33.9. The molecule has 1 heterocycles. The molecule has 3 atom stereocenters. The Hall–Kier alpha value is -0.800. The normalized spacial score (nSPS) is 23.5. The van der Waals surface area contributed by atoms with Crippen LogP contribution in [0.3, 0.4) is 0 Å². The van der Waals surface area contributed by atoms with E-state index in [1.54, 1.807) is 12.1 Å². The molecular formula is C17H18Na2O11S. The number of carbonyl (C=O) groups excluding carboxylic acids is 3. The SMILES string of the molecule is CC1(S(=O)(=O)O)CC(=O)c2ccccc2C1=O.O=C1O[C@H]([C@@H](O)CO)C(O)=C1O.[Na].[Na]. The number of ether oxygens (including phenoxy) is 1. The van der Waals surface area contributed by atoms with Gasteiger partial charge in [-0.3, -0.25) is 14.1 Å². The Bertz CT molecular complexity index is 1010. The number of carbonyl (C=O) groups is 3. The molecule has 0 aromatic heterocycles. The van der Waals surface area contributed by atoms with Gasteiger partial charge in [-0.2, -0.15) is 8.42 Å². The van der Waals surface area contributed by atoms with Gasteiger partial charge in [0.2, 0.25) is 5.76 Å². The summed E-state index contributed by atoms with van der Waals surface area (Å²) in [6.45, 7) is 0.397. The Morgan fingerprint density at radius 3 is 2.06 bits per heavy atom. The number of esters is 1. The first kappa shape index (κ1) is 30.2. The summed E-state index contributed by atoms with van der Waals surface area (Å²) in [5.41, 5.74) is 0.252. The Morgan fingerprint density at radius 2 is 1.65 bits per heavy atom. The predicted molar refractivity (Wildman–Crippen MR) is 106 cm³/mol. The van der Waals surface area contributed by atoms with Gasteiger partial charge >= 0.3 is 5.97 Å². The van der Waals surface area contributed by atoms with E-state index in [1.807, 2.05) is 0 Å². The van der Waals surface area contributed by atoms with Crippen LogP contribution in [0.25, 0.3) is 0 Å². The molecule has 11 nitrogen and oxygen atoms in total. The molecule has 1 unspecified atom stereocenters. The number of rotatable bonds is 3. The van der Waals surface area contributed by atoms with Crippen LogP contribution >= 0.6 is 0 Å². The predicted octanol–water partition coefficient (Wildman–Crippen LogP) is -1.07. The molecule has 14 heteroatoms. The monoisotopic (exact) mass is 476 g/mol. The van der Waals surface area contributed by atoms with Crippen LogP contribution in [0.2, 0.25) is 0 Å². The number of aliphatic hydroxyl groups is 4. The van der Waals surface area contributed by atoms with Crippen LogP contribution < -0.4 is 0 Å². The largest absolute Gasteiger partial charge is 0.505 e. The molecule has 0 saturated carbocycles. The molecule has 0 amide bonds. The van der Waals surface area contributed by atoms with Crippen molar-refractivity contribution in [3.05, 3.63) is 46.9 Å². The molecule has 1 aliphatic heterocycles. The van der Waals surface area contributed by atoms with Gasteiger partial charge in [-0.15, -0.1) is 0 Å². The summed E-state index contributed by atoms with van der Waals surface area (Å²) in [6.07, 6.45) is -3.30. The number of benzene rings is 1. The summed E-state index contributed by atoms with van der Waals surface area (Å²) >= 11 is 0. The van der Waals surface area contributed by atoms with Crippen molar-refractivity contribution in [1.82, 2.24) is 0 Å². The van der Waals surface area contributed by atoms with Crippen molar-refractivity contribution in [3.8, 4) is 0 Å². The number of Topliss-reactive ketones (excluding diaryl/α,β-unsaturated/α-hetero) is 2. The van der Waals surface area contributed by atoms with Gasteiger partial charge in [0.1, 0.15) is 6.10 Å². The van der Waals surface area contributed by atoms with Crippen LogP contribution in [0.1, 0.15) is 34.1 Å². The van der Waals surface area contributed by atoms with E-state index in [9.17, 15) is 22.8 Å². The second-order valence-electron chi connectivity index (χ2n) is 6.49. The van der Waals surface area contributed by atoms with Crippen LogP contribution in [0.5, 0.6) is 0 Å². The van der Waals surface area contributed by atoms with Gasteiger partial charge in [0, 0.05) is 76.7 Å². The van der Waals surface area contributed by atoms with Gasteiger partial charge in [-0.1, -0.05) is 24.3 Å². The minimum atomic E-state index is -4.62. The van der Waals surface area contributed by atoms with Crippen molar-refractivity contribution in [2.24, 2.45) is 0 Å². The first-order valence-corrected chi connectivity index (χ1v) is 9.55. The van der Waals surface area contributed by atoms with Crippen LogP contribution in [0.4, 0.5) is 0 Å². The van der Waals surface area contributed by atoms with Gasteiger partial charge in [0.25, 0.3) is 10.1 Å². The molecule has 0 saturated heterocycles. The van der Waals surface area contributed by atoms with Gasteiger partial charge in [0.15, 0.2) is 28.2 Å². The van der Waals surface area contributed by atoms with E-state index >= 15 is 0 Å². The molecule has 3 rings (SSSR count). The maximum Gasteiger partial charge on any atom is 0.377 e. The number of cyclic esters (lactones) is 1. The maximum absolute atomic E-state index is 12.0. The molecule has 5 N–H and O–H groups in total. The number of hydrogen-bond donors (Lipinski definition) is 5. The number of ketones is 2. The van der Waals surface area contributed by atoms with Crippen molar-refractivity contribution in [2.75, 3.05) is 6.61 Å². The van der Waals surface area contributed by atoms with Gasteiger partial charge in [-0.05, 0) is 6.92 Å². The van der Waals surface area contributed by atoms with Crippen LogP contribution in [-0.2, 0) is 19.6 Å². The smallest absolute Gasteiger partial charge is 0.377 e. The molecule has 0 fully saturated rings. The zero-order chi connectivity index (χ0) is 22.1. The summed E-state index contributed by atoms with van der Waals surface area (Å²) in [6, 6.07) is 6.00. The first-order valence-electron chi connectivity index (χ1n) is 8.11. The van der Waals surface area contributed by atoms with E-state index < -0.39 is 69.2 Å².